The zero-order valence-electron chi connectivity index (χ0n) is 11.0. The van der Waals surface area contributed by atoms with E-state index in [0.717, 1.165) is 11.3 Å². The Morgan fingerprint density at radius 3 is 2.58 bits per heavy atom. The van der Waals surface area contributed by atoms with Gasteiger partial charge in [0.15, 0.2) is 0 Å². The van der Waals surface area contributed by atoms with Crippen LogP contribution in [-0.2, 0) is 13.7 Å². The van der Waals surface area contributed by atoms with Crippen molar-refractivity contribution in [3.8, 4) is 22.9 Å². The molecule has 0 aliphatic rings. The summed E-state index contributed by atoms with van der Waals surface area (Å²) in [5.41, 5.74) is 1.52. The third-order valence-electron chi connectivity index (χ3n) is 2.96. The van der Waals surface area contributed by atoms with E-state index in [2.05, 4.69) is 20.9 Å². The third-order valence-corrected chi connectivity index (χ3v) is 3.60. The Balaban J connectivity index is 2.63. The van der Waals surface area contributed by atoms with Gasteiger partial charge in [0, 0.05) is 7.05 Å². The Hall–Kier alpha value is -1.53. The molecule has 0 amide bonds. The number of aromatic nitrogens is 2. The van der Waals surface area contributed by atoms with E-state index in [1.807, 2.05) is 29.8 Å². The molecule has 0 aliphatic heterocycles. The average molecular weight is 327 g/mol. The fourth-order valence-corrected chi connectivity index (χ4v) is 2.46. The van der Waals surface area contributed by atoms with Gasteiger partial charge in [0.05, 0.1) is 32.1 Å². The van der Waals surface area contributed by atoms with Crippen molar-refractivity contribution in [2.75, 3.05) is 14.2 Å². The van der Waals surface area contributed by atoms with Gasteiger partial charge < -0.3 is 19.1 Å². The molecule has 1 heterocycles. The minimum Gasteiger partial charge on any atom is -0.497 e. The number of nitrogens with zero attached hydrogens (tertiary/aromatic N) is 2. The van der Waals surface area contributed by atoms with Crippen molar-refractivity contribution in [1.29, 1.82) is 0 Å². The monoisotopic (exact) mass is 326 g/mol. The molecule has 6 heteroatoms. The highest BCUT2D eigenvalue weighted by molar-refractivity contribution is 9.10. The maximum atomic E-state index is 9.34. The number of hydrogen-bond donors (Lipinski definition) is 1. The summed E-state index contributed by atoms with van der Waals surface area (Å²) in [6, 6.07) is 5.51. The minimum absolute atomic E-state index is 0.0869. The summed E-state index contributed by atoms with van der Waals surface area (Å²) in [5.74, 6) is 2.12. The number of imidazole rings is 1. The topological polar surface area (TPSA) is 56.5 Å². The molecule has 2 rings (SSSR count). The fourth-order valence-electron chi connectivity index (χ4n) is 1.90. The number of aliphatic hydroxyl groups is 1. The van der Waals surface area contributed by atoms with Crippen LogP contribution in [0, 0.1) is 0 Å². The van der Waals surface area contributed by atoms with Crippen LogP contribution in [0.3, 0.4) is 0 Å². The zero-order valence-corrected chi connectivity index (χ0v) is 12.6. The van der Waals surface area contributed by atoms with Gasteiger partial charge in [-0.2, -0.15) is 0 Å². The molecular formula is C13H15BrN2O3. The third kappa shape index (κ3) is 2.46. The second-order valence-electron chi connectivity index (χ2n) is 3.96. The van der Waals surface area contributed by atoms with Crippen LogP contribution in [0.2, 0.25) is 0 Å². The lowest BCUT2D eigenvalue weighted by Gasteiger charge is -2.10. The SMILES string of the molecule is COc1ccc(OC)c(-c2nc(Br)c(CO)n2C)c1. The normalized spacial score (nSPS) is 10.6. The van der Waals surface area contributed by atoms with Crippen molar-refractivity contribution in [3.05, 3.63) is 28.5 Å². The molecule has 102 valence electrons. The molecule has 5 nitrogen and oxygen atoms in total. The molecule has 0 saturated heterocycles. The van der Waals surface area contributed by atoms with E-state index in [1.54, 1.807) is 14.2 Å². The molecule has 2 aromatic rings. The van der Waals surface area contributed by atoms with E-state index in [9.17, 15) is 5.11 Å². The Morgan fingerprint density at radius 1 is 1.32 bits per heavy atom. The van der Waals surface area contributed by atoms with E-state index < -0.39 is 0 Å². The molecule has 0 saturated carbocycles. The number of rotatable bonds is 4. The van der Waals surface area contributed by atoms with Crippen LogP contribution >= 0.6 is 15.9 Å². The molecule has 1 aromatic carbocycles. The van der Waals surface area contributed by atoms with Gasteiger partial charge in [-0.1, -0.05) is 0 Å². The van der Waals surface area contributed by atoms with Crippen molar-refractivity contribution in [2.45, 2.75) is 6.61 Å². The molecular weight excluding hydrogens is 312 g/mol. The molecule has 0 fully saturated rings. The van der Waals surface area contributed by atoms with Crippen LogP contribution in [0.25, 0.3) is 11.4 Å². The van der Waals surface area contributed by atoms with Crippen LogP contribution in [0.1, 0.15) is 5.69 Å². The van der Waals surface area contributed by atoms with Gasteiger partial charge in [-0.25, -0.2) is 4.98 Å². The van der Waals surface area contributed by atoms with Crippen LogP contribution in [0.4, 0.5) is 0 Å². The minimum atomic E-state index is -0.0869. The summed E-state index contributed by atoms with van der Waals surface area (Å²) >= 11 is 3.34. The second kappa shape index (κ2) is 5.63. The predicted molar refractivity (Wildman–Crippen MR) is 75.4 cm³/mol. The van der Waals surface area contributed by atoms with Crippen molar-refractivity contribution in [3.63, 3.8) is 0 Å². The lowest BCUT2D eigenvalue weighted by molar-refractivity contribution is 0.272. The van der Waals surface area contributed by atoms with Gasteiger partial charge in [-0.15, -0.1) is 0 Å². The molecule has 0 bridgehead atoms. The maximum Gasteiger partial charge on any atom is 0.145 e. The van der Waals surface area contributed by atoms with E-state index in [4.69, 9.17) is 9.47 Å². The molecule has 0 aliphatic carbocycles. The number of ether oxygens (including phenoxy) is 2. The molecule has 19 heavy (non-hydrogen) atoms. The first-order valence-electron chi connectivity index (χ1n) is 5.66. The predicted octanol–water partition coefficient (Wildman–Crippen LogP) is 2.36. The summed E-state index contributed by atoms with van der Waals surface area (Å²) in [7, 11) is 5.06. The Bertz CT molecular complexity index is 596. The van der Waals surface area contributed by atoms with Gasteiger partial charge >= 0.3 is 0 Å². The highest BCUT2D eigenvalue weighted by Gasteiger charge is 2.17. The van der Waals surface area contributed by atoms with Gasteiger partial charge in [0.25, 0.3) is 0 Å². The van der Waals surface area contributed by atoms with E-state index in [1.165, 1.54) is 0 Å². The van der Waals surface area contributed by atoms with Crippen LogP contribution < -0.4 is 9.47 Å². The number of halogens is 1. The van der Waals surface area contributed by atoms with E-state index in [-0.39, 0.29) is 6.61 Å². The maximum absolute atomic E-state index is 9.34. The number of aliphatic hydroxyl groups excluding tert-OH is 1. The summed E-state index contributed by atoms with van der Waals surface area (Å²) in [5, 5.41) is 9.34. The summed E-state index contributed by atoms with van der Waals surface area (Å²) in [6.45, 7) is -0.0869. The van der Waals surface area contributed by atoms with Crippen LogP contribution in [0.15, 0.2) is 22.8 Å². The second-order valence-corrected chi connectivity index (χ2v) is 4.71. The first-order valence-corrected chi connectivity index (χ1v) is 6.46. The van der Waals surface area contributed by atoms with Crippen molar-refractivity contribution in [2.24, 2.45) is 7.05 Å². The Morgan fingerprint density at radius 2 is 2.05 bits per heavy atom. The van der Waals surface area contributed by atoms with Crippen molar-refractivity contribution < 1.29 is 14.6 Å². The Kier molecular flexibility index (Phi) is 4.11. The highest BCUT2D eigenvalue weighted by Crippen LogP contribution is 2.34. The Labute approximate surface area is 119 Å². The van der Waals surface area contributed by atoms with E-state index in [0.29, 0.717) is 21.9 Å². The van der Waals surface area contributed by atoms with Crippen molar-refractivity contribution >= 4 is 15.9 Å². The van der Waals surface area contributed by atoms with Crippen LogP contribution in [0.5, 0.6) is 11.5 Å². The van der Waals surface area contributed by atoms with E-state index >= 15 is 0 Å². The highest BCUT2D eigenvalue weighted by atomic mass is 79.9. The largest absolute Gasteiger partial charge is 0.497 e. The quantitative estimate of drug-likeness (QED) is 0.937. The molecule has 0 unspecified atom stereocenters. The fraction of sp³-hybridized carbons (Fsp3) is 0.308. The van der Waals surface area contributed by atoms with Gasteiger partial charge in [-0.3, -0.25) is 0 Å². The smallest absolute Gasteiger partial charge is 0.145 e. The summed E-state index contributed by atoms with van der Waals surface area (Å²) < 4.78 is 13.0. The van der Waals surface area contributed by atoms with Gasteiger partial charge in [0.1, 0.15) is 21.9 Å². The summed E-state index contributed by atoms with van der Waals surface area (Å²) in [4.78, 5) is 4.42. The van der Waals surface area contributed by atoms with Crippen LogP contribution in [-0.4, -0.2) is 28.9 Å². The number of methoxy groups -OCH3 is 2. The summed E-state index contributed by atoms with van der Waals surface area (Å²) in [6.07, 6.45) is 0. The molecule has 0 radical (unpaired) electrons. The number of benzene rings is 1. The molecule has 1 aromatic heterocycles. The lowest BCUT2D eigenvalue weighted by atomic mass is 10.1. The van der Waals surface area contributed by atoms with Crippen molar-refractivity contribution in [1.82, 2.24) is 9.55 Å². The molecule has 0 atom stereocenters. The average Bonchev–Trinajstić information content (AvgIpc) is 2.72. The zero-order chi connectivity index (χ0) is 14.0. The first kappa shape index (κ1) is 13.9. The first-order chi connectivity index (χ1) is 9.12. The number of hydrogen-bond acceptors (Lipinski definition) is 4. The molecule has 1 N–H and O–H groups in total. The molecule has 0 spiro atoms. The standard InChI is InChI=1S/C13H15BrN2O3/c1-16-10(7-17)12(14)15-13(16)9-6-8(18-2)4-5-11(9)19-3/h4-6,17H,7H2,1-3H3. The lowest BCUT2D eigenvalue weighted by Crippen LogP contribution is -2.00. The van der Waals surface area contributed by atoms with Gasteiger partial charge in [0.2, 0.25) is 0 Å². The van der Waals surface area contributed by atoms with Gasteiger partial charge in [-0.05, 0) is 34.1 Å².